The fourth-order valence-electron chi connectivity index (χ4n) is 7.77. The third kappa shape index (κ3) is 7.68. The first kappa shape index (κ1) is 36.6. The largest absolute Gasteiger partial charge is 0.533 e. The second kappa shape index (κ2) is 15.3. The number of oxazole rings is 1. The van der Waals surface area contributed by atoms with E-state index < -0.39 is 16.6 Å². The van der Waals surface area contributed by atoms with Crippen molar-refractivity contribution in [1.82, 2.24) is 4.98 Å². The summed E-state index contributed by atoms with van der Waals surface area (Å²) in [6.07, 6.45) is 7.79. The molecule has 0 radical (unpaired) electrons. The SMILES string of the molecule is CC(C)(C)[Si](Oc1cccc([C@H](O[Si](C)(C)C)C2C=CCCC2)c1-c1nc(-c2ccccc2)c(-c2ccccc2)o1)(c1ccccc1)c1ccccc1. The summed E-state index contributed by atoms with van der Waals surface area (Å²) in [4.78, 5) is 5.42. The van der Waals surface area contributed by atoms with Gasteiger partial charge in [0.2, 0.25) is 5.89 Å². The Labute approximate surface area is 317 Å². The molecule has 0 saturated carbocycles. The molecule has 0 saturated heterocycles. The van der Waals surface area contributed by atoms with Crippen molar-refractivity contribution in [3.05, 3.63) is 157 Å². The topological polar surface area (TPSA) is 44.5 Å². The Morgan fingerprint density at radius 3 is 1.79 bits per heavy atom. The van der Waals surface area contributed by atoms with Crippen LogP contribution in [-0.4, -0.2) is 21.6 Å². The molecule has 53 heavy (non-hydrogen) atoms. The van der Waals surface area contributed by atoms with Gasteiger partial charge in [0, 0.05) is 17.0 Å². The van der Waals surface area contributed by atoms with Crippen LogP contribution in [0.5, 0.6) is 5.75 Å². The molecule has 0 spiro atoms. The van der Waals surface area contributed by atoms with Crippen LogP contribution in [0.25, 0.3) is 34.0 Å². The number of rotatable bonds is 11. The second-order valence-electron chi connectivity index (χ2n) is 16.1. The molecule has 1 heterocycles. The predicted octanol–water partition coefficient (Wildman–Crippen LogP) is 11.9. The standard InChI is InChI=1S/C47H51NO3Si2/c1-47(2,3)53(38-29-18-10-19-30-38,39-31-20-11-21-32-39)50-41-34-22-33-40(44(51-52(4,5)6)36-25-14-8-15-26-36)42(41)46-48-43(35-23-12-7-13-24-35)45(49-46)37-27-16-9-17-28-37/h7,9-14,16-25,27-34,36,44H,8,15,26H2,1-6H3/t36?,44-/m1/s1. The molecule has 1 aliphatic carbocycles. The predicted molar refractivity (Wildman–Crippen MR) is 225 cm³/mol. The molecule has 4 nitrogen and oxygen atoms in total. The van der Waals surface area contributed by atoms with Crippen molar-refractivity contribution in [2.75, 3.05) is 0 Å². The Hall–Kier alpha value is -4.76. The fraction of sp³-hybridized carbons (Fsp3) is 0.255. The van der Waals surface area contributed by atoms with E-state index in [0.717, 1.165) is 58.7 Å². The highest BCUT2D eigenvalue weighted by molar-refractivity contribution is 7.00. The lowest BCUT2D eigenvalue weighted by Gasteiger charge is -2.43. The van der Waals surface area contributed by atoms with Crippen LogP contribution in [0.2, 0.25) is 24.7 Å². The van der Waals surface area contributed by atoms with Gasteiger partial charge in [-0.15, -0.1) is 0 Å². The van der Waals surface area contributed by atoms with Crippen molar-refractivity contribution in [3.63, 3.8) is 0 Å². The van der Waals surface area contributed by atoms with E-state index >= 15 is 0 Å². The van der Waals surface area contributed by atoms with Crippen LogP contribution in [0.1, 0.15) is 51.7 Å². The highest BCUT2D eigenvalue weighted by atomic mass is 28.4. The Kier molecular flexibility index (Phi) is 10.6. The van der Waals surface area contributed by atoms with Gasteiger partial charge in [-0.25, -0.2) is 4.98 Å². The van der Waals surface area contributed by atoms with Gasteiger partial charge >= 0.3 is 8.32 Å². The molecule has 1 unspecified atom stereocenters. The van der Waals surface area contributed by atoms with Crippen LogP contribution in [0.4, 0.5) is 0 Å². The Bertz CT molecular complexity index is 2040. The van der Waals surface area contributed by atoms with E-state index in [4.69, 9.17) is 18.3 Å². The molecular formula is C47H51NO3Si2. The van der Waals surface area contributed by atoms with Crippen molar-refractivity contribution in [1.29, 1.82) is 0 Å². The van der Waals surface area contributed by atoms with E-state index in [1.165, 1.54) is 10.4 Å². The third-order valence-electron chi connectivity index (χ3n) is 10.1. The third-order valence-corrected chi connectivity index (χ3v) is 16.0. The molecule has 5 aromatic carbocycles. The monoisotopic (exact) mass is 733 g/mol. The molecule has 270 valence electrons. The summed E-state index contributed by atoms with van der Waals surface area (Å²) in [5.74, 6) is 2.25. The van der Waals surface area contributed by atoms with E-state index in [-0.39, 0.29) is 17.1 Å². The maximum Gasteiger partial charge on any atom is 0.319 e. The zero-order valence-corrected chi connectivity index (χ0v) is 33.9. The summed E-state index contributed by atoms with van der Waals surface area (Å²) in [5.41, 5.74) is 4.70. The Morgan fingerprint density at radius 2 is 1.26 bits per heavy atom. The summed E-state index contributed by atoms with van der Waals surface area (Å²) < 4.78 is 22.2. The minimum atomic E-state index is -3.05. The zero-order valence-electron chi connectivity index (χ0n) is 31.9. The van der Waals surface area contributed by atoms with Gasteiger partial charge in [-0.3, -0.25) is 0 Å². The van der Waals surface area contributed by atoms with Crippen molar-refractivity contribution in [2.45, 2.75) is 70.8 Å². The normalized spacial score (nSPS) is 15.6. The highest BCUT2D eigenvalue weighted by Crippen LogP contribution is 2.48. The Balaban J connectivity index is 1.54. The van der Waals surface area contributed by atoms with E-state index in [9.17, 15) is 0 Å². The van der Waals surface area contributed by atoms with Crippen LogP contribution >= 0.6 is 0 Å². The molecule has 2 atom stereocenters. The molecule has 0 aliphatic heterocycles. The molecule has 0 bridgehead atoms. The van der Waals surface area contributed by atoms with Gasteiger partial charge in [-0.2, -0.15) is 0 Å². The van der Waals surface area contributed by atoms with Crippen molar-refractivity contribution < 1.29 is 13.3 Å². The number of aromatic nitrogens is 1. The lowest BCUT2D eigenvalue weighted by atomic mass is 9.85. The van der Waals surface area contributed by atoms with Gasteiger partial charge in [0.05, 0.1) is 11.7 Å². The lowest BCUT2D eigenvalue weighted by Crippen LogP contribution is -2.68. The zero-order chi connectivity index (χ0) is 37.1. The molecule has 0 N–H and O–H groups in total. The number of hydrogen-bond donors (Lipinski definition) is 0. The minimum Gasteiger partial charge on any atom is -0.533 e. The van der Waals surface area contributed by atoms with E-state index in [2.05, 4.69) is 168 Å². The fourth-order valence-corrected chi connectivity index (χ4v) is 13.3. The number of allylic oxidation sites excluding steroid dienone is 1. The molecule has 6 aromatic rings. The quantitative estimate of drug-likeness (QED) is 0.0982. The highest BCUT2D eigenvalue weighted by Gasteiger charge is 2.52. The van der Waals surface area contributed by atoms with Gasteiger partial charge in [-0.05, 0) is 65.9 Å². The maximum atomic E-state index is 7.87. The average molecular weight is 734 g/mol. The van der Waals surface area contributed by atoms with Crippen LogP contribution in [0.15, 0.2) is 156 Å². The van der Waals surface area contributed by atoms with Gasteiger partial charge in [-0.1, -0.05) is 166 Å². The van der Waals surface area contributed by atoms with Crippen LogP contribution in [0, 0.1) is 5.92 Å². The van der Waals surface area contributed by atoms with Gasteiger partial charge in [0.25, 0.3) is 0 Å². The maximum absolute atomic E-state index is 7.87. The molecule has 1 aliphatic rings. The smallest absolute Gasteiger partial charge is 0.319 e. The van der Waals surface area contributed by atoms with Crippen molar-refractivity contribution in [2.24, 2.45) is 5.92 Å². The summed E-state index contributed by atoms with van der Waals surface area (Å²) in [5, 5.41) is 2.18. The van der Waals surface area contributed by atoms with Gasteiger partial charge in [0.1, 0.15) is 11.4 Å². The average Bonchev–Trinajstić information content (AvgIpc) is 3.62. The molecule has 0 amide bonds. The molecule has 7 rings (SSSR count). The molecule has 1 aromatic heterocycles. The summed E-state index contributed by atoms with van der Waals surface area (Å²) in [6, 6.07) is 48.8. The van der Waals surface area contributed by atoms with E-state index in [0.29, 0.717) is 5.89 Å². The number of nitrogens with zero attached hydrogens (tertiary/aromatic N) is 1. The first-order valence-electron chi connectivity index (χ1n) is 18.9. The summed E-state index contributed by atoms with van der Waals surface area (Å²) >= 11 is 0. The number of benzene rings is 5. The van der Waals surface area contributed by atoms with Crippen molar-refractivity contribution in [3.8, 4) is 39.8 Å². The first-order chi connectivity index (χ1) is 25.5. The first-order valence-corrected chi connectivity index (χ1v) is 24.3. The summed E-state index contributed by atoms with van der Waals surface area (Å²) in [7, 11) is -5.09. The van der Waals surface area contributed by atoms with E-state index in [1.54, 1.807) is 0 Å². The van der Waals surface area contributed by atoms with Gasteiger partial charge < -0.3 is 13.3 Å². The molecular weight excluding hydrogens is 683 g/mol. The second-order valence-corrected chi connectivity index (χ2v) is 24.8. The molecule has 6 heteroatoms. The Morgan fingerprint density at radius 1 is 0.698 bits per heavy atom. The number of hydrogen-bond acceptors (Lipinski definition) is 4. The van der Waals surface area contributed by atoms with Crippen LogP contribution < -0.4 is 14.8 Å². The lowest BCUT2D eigenvalue weighted by molar-refractivity contribution is 0.142. The van der Waals surface area contributed by atoms with Gasteiger partial charge in [0.15, 0.2) is 14.1 Å². The van der Waals surface area contributed by atoms with Crippen LogP contribution in [-0.2, 0) is 4.43 Å². The van der Waals surface area contributed by atoms with E-state index in [1.807, 2.05) is 24.3 Å². The molecule has 0 fully saturated rings. The summed E-state index contributed by atoms with van der Waals surface area (Å²) in [6.45, 7) is 13.8. The van der Waals surface area contributed by atoms with Crippen LogP contribution in [0.3, 0.4) is 0 Å². The minimum absolute atomic E-state index is 0.192. The van der Waals surface area contributed by atoms with Crippen molar-refractivity contribution >= 4 is 27.0 Å².